The smallest absolute Gasteiger partial charge is 0.230 e. The van der Waals surface area contributed by atoms with Crippen molar-refractivity contribution in [1.82, 2.24) is 10.3 Å². The minimum Gasteiger partial charge on any atom is -0.490 e. The fourth-order valence-corrected chi connectivity index (χ4v) is 3.87. The van der Waals surface area contributed by atoms with E-state index in [-0.39, 0.29) is 11.7 Å². The van der Waals surface area contributed by atoms with Crippen molar-refractivity contribution in [1.29, 1.82) is 5.26 Å². The highest BCUT2D eigenvalue weighted by Crippen LogP contribution is 2.30. The van der Waals surface area contributed by atoms with Gasteiger partial charge in [-0.05, 0) is 57.4 Å². The number of hydrogen-bond acceptors (Lipinski definition) is 6. The number of hydrogen-bond donors (Lipinski definition) is 1. The number of carbonyl (C=O) groups excluding carboxylic acids is 1. The Hall–Kier alpha value is -2.43. The Morgan fingerprint density at radius 1 is 1.23 bits per heavy atom. The van der Waals surface area contributed by atoms with Gasteiger partial charge in [0.1, 0.15) is 11.1 Å². The first-order valence-electron chi connectivity index (χ1n) is 9.76. The van der Waals surface area contributed by atoms with Crippen LogP contribution in [0.5, 0.6) is 11.5 Å². The molecule has 0 atom stereocenters. The lowest BCUT2D eigenvalue weighted by Gasteiger charge is -2.13. The molecule has 2 aromatic rings. The van der Waals surface area contributed by atoms with E-state index >= 15 is 0 Å². The van der Waals surface area contributed by atoms with Gasteiger partial charge in [-0.25, -0.2) is 4.98 Å². The fourth-order valence-electron chi connectivity index (χ4n) is 2.82. The second kappa shape index (κ2) is 11.7. The summed E-state index contributed by atoms with van der Waals surface area (Å²) in [6, 6.07) is 7.93. The molecule has 30 heavy (non-hydrogen) atoms. The molecule has 1 aromatic carbocycles. The van der Waals surface area contributed by atoms with E-state index in [2.05, 4.69) is 16.4 Å². The number of carbonyl (C=O) groups is 1. The van der Waals surface area contributed by atoms with Crippen LogP contribution in [-0.2, 0) is 11.2 Å². The predicted molar refractivity (Wildman–Crippen MR) is 120 cm³/mol. The van der Waals surface area contributed by atoms with Gasteiger partial charge in [0.25, 0.3) is 0 Å². The van der Waals surface area contributed by atoms with Gasteiger partial charge in [0.2, 0.25) is 5.91 Å². The summed E-state index contributed by atoms with van der Waals surface area (Å²) in [7, 11) is 0. The topological polar surface area (TPSA) is 84.2 Å². The number of benzene rings is 1. The largest absolute Gasteiger partial charge is 0.490 e. The van der Waals surface area contributed by atoms with Crippen LogP contribution in [0.25, 0.3) is 0 Å². The third-order valence-corrected chi connectivity index (χ3v) is 5.83. The van der Waals surface area contributed by atoms with Crippen LogP contribution in [0.15, 0.2) is 23.2 Å². The Kier molecular flexibility index (Phi) is 9.28. The van der Waals surface area contributed by atoms with E-state index in [1.165, 1.54) is 11.8 Å². The molecule has 1 N–H and O–H groups in total. The second-order valence-electron chi connectivity index (χ2n) is 6.46. The summed E-state index contributed by atoms with van der Waals surface area (Å²) >= 11 is 7.40. The first-order chi connectivity index (χ1) is 14.4. The Morgan fingerprint density at radius 3 is 2.60 bits per heavy atom. The molecular weight excluding hydrogens is 422 g/mol. The van der Waals surface area contributed by atoms with Crippen molar-refractivity contribution in [2.24, 2.45) is 0 Å². The number of halogens is 1. The van der Waals surface area contributed by atoms with E-state index in [1.807, 2.05) is 32.0 Å². The molecule has 0 unspecified atom stereocenters. The molecular formula is C22H26ClN3O3S. The van der Waals surface area contributed by atoms with Crippen LogP contribution in [0.4, 0.5) is 0 Å². The van der Waals surface area contributed by atoms with Crippen LogP contribution in [-0.4, -0.2) is 36.4 Å². The molecule has 0 aliphatic heterocycles. The second-order valence-corrected chi connectivity index (χ2v) is 7.81. The number of thioether (sulfide) groups is 1. The number of aromatic nitrogens is 1. The van der Waals surface area contributed by atoms with Gasteiger partial charge in [-0.1, -0.05) is 29.4 Å². The van der Waals surface area contributed by atoms with Gasteiger partial charge in [-0.3, -0.25) is 4.79 Å². The summed E-state index contributed by atoms with van der Waals surface area (Å²) in [5, 5.41) is 13.3. The molecule has 0 aliphatic carbocycles. The maximum absolute atomic E-state index is 12.2. The van der Waals surface area contributed by atoms with E-state index in [1.54, 1.807) is 13.8 Å². The van der Waals surface area contributed by atoms with E-state index in [0.29, 0.717) is 58.8 Å². The minimum absolute atomic E-state index is 0.119. The number of pyridine rings is 1. The average Bonchev–Trinajstić information content (AvgIpc) is 2.72. The summed E-state index contributed by atoms with van der Waals surface area (Å²) in [5.41, 5.74) is 2.81. The zero-order valence-corrected chi connectivity index (χ0v) is 19.2. The summed E-state index contributed by atoms with van der Waals surface area (Å²) in [6.45, 7) is 9.05. The van der Waals surface area contributed by atoms with Gasteiger partial charge in [0.05, 0.1) is 35.2 Å². The molecule has 1 aromatic heterocycles. The zero-order valence-electron chi connectivity index (χ0n) is 17.7. The van der Waals surface area contributed by atoms with E-state index < -0.39 is 0 Å². The summed E-state index contributed by atoms with van der Waals surface area (Å²) in [4.78, 5) is 16.6. The molecule has 0 saturated carbocycles. The fraction of sp³-hybridized carbons (Fsp3) is 0.409. The standard InChI is InChI=1S/C22H26ClN3O3S/c1-5-28-18-8-7-16(11-19(18)29-6-2)9-10-25-20(27)13-30-22-17(12-24)14(3)21(23)15(4)26-22/h7-8,11H,5-6,9-10,13H2,1-4H3,(H,25,27). The number of aryl methyl sites for hydroxylation is 1. The van der Waals surface area contributed by atoms with Gasteiger partial charge < -0.3 is 14.8 Å². The Labute approximate surface area is 186 Å². The summed E-state index contributed by atoms with van der Waals surface area (Å²) in [5.74, 6) is 1.49. The van der Waals surface area contributed by atoms with Gasteiger partial charge in [0.15, 0.2) is 11.5 Å². The van der Waals surface area contributed by atoms with Gasteiger partial charge in [-0.2, -0.15) is 5.26 Å². The number of ether oxygens (including phenoxy) is 2. The lowest BCUT2D eigenvalue weighted by atomic mass is 10.1. The van der Waals surface area contributed by atoms with E-state index in [4.69, 9.17) is 21.1 Å². The Balaban J connectivity index is 1.90. The molecule has 0 saturated heterocycles. The number of nitrogens with one attached hydrogen (secondary N) is 1. The molecule has 0 radical (unpaired) electrons. The SMILES string of the molecule is CCOc1ccc(CCNC(=O)CSc2nc(C)c(Cl)c(C)c2C#N)cc1OCC. The number of nitriles is 1. The van der Waals surface area contributed by atoms with Crippen molar-refractivity contribution in [2.45, 2.75) is 39.1 Å². The van der Waals surface area contributed by atoms with Crippen molar-refractivity contribution >= 4 is 29.3 Å². The van der Waals surface area contributed by atoms with Crippen LogP contribution >= 0.6 is 23.4 Å². The van der Waals surface area contributed by atoms with Crippen molar-refractivity contribution in [3.8, 4) is 17.6 Å². The molecule has 2 rings (SSSR count). The lowest BCUT2D eigenvalue weighted by molar-refractivity contribution is -0.118. The average molecular weight is 448 g/mol. The van der Waals surface area contributed by atoms with Gasteiger partial charge in [0, 0.05) is 6.54 Å². The molecule has 0 bridgehead atoms. The third kappa shape index (κ3) is 6.28. The van der Waals surface area contributed by atoms with Crippen LogP contribution in [0.2, 0.25) is 5.02 Å². The van der Waals surface area contributed by atoms with Crippen LogP contribution in [0, 0.1) is 25.2 Å². The molecule has 1 heterocycles. The highest BCUT2D eigenvalue weighted by molar-refractivity contribution is 8.00. The monoisotopic (exact) mass is 447 g/mol. The van der Waals surface area contributed by atoms with Crippen molar-refractivity contribution in [2.75, 3.05) is 25.5 Å². The number of amides is 1. The van der Waals surface area contributed by atoms with Crippen molar-refractivity contribution in [3.05, 3.63) is 45.6 Å². The maximum atomic E-state index is 12.2. The van der Waals surface area contributed by atoms with Gasteiger partial charge >= 0.3 is 0 Å². The zero-order chi connectivity index (χ0) is 22.1. The molecule has 0 spiro atoms. The summed E-state index contributed by atoms with van der Waals surface area (Å²) in [6.07, 6.45) is 0.670. The molecule has 6 nitrogen and oxygen atoms in total. The first-order valence-corrected chi connectivity index (χ1v) is 11.1. The number of nitrogens with zero attached hydrogens (tertiary/aromatic N) is 2. The van der Waals surface area contributed by atoms with Crippen LogP contribution in [0.1, 0.15) is 36.2 Å². The lowest BCUT2D eigenvalue weighted by Crippen LogP contribution is -2.27. The van der Waals surface area contributed by atoms with Crippen LogP contribution < -0.4 is 14.8 Å². The van der Waals surface area contributed by atoms with E-state index in [9.17, 15) is 10.1 Å². The molecule has 8 heteroatoms. The normalized spacial score (nSPS) is 10.4. The highest BCUT2D eigenvalue weighted by atomic mass is 35.5. The van der Waals surface area contributed by atoms with Gasteiger partial charge in [-0.15, -0.1) is 0 Å². The summed E-state index contributed by atoms with van der Waals surface area (Å²) < 4.78 is 11.2. The molecule has 1 amide bonds. The van der Waals surface area contributed by atoms with Crippen LogP contribution in [0.3, 0.4) is 0 Å². The Bertz CT molecular complexity index is 944. The maximum Gasteiger partial charge on any atom is 0.230 e. The minimum atomic E-state index is -0.119. The highest BCUT2D eigenvalue weighted by Gasteiger charge is 2.15. The quantitative estimate of drug-likeness (QED) is 0.541. The molecule has 0 aliphatic rings. The molecule has 0 fully saturated rings. The Morgan fingerprint density at radius 2 is 1.93 bits per heavy atom. The number of rotatable bonds is 10. The first kappa shape index (κ1) is 23.8. The van der Waals surface area contributed by atoms with Crippen molar-refractivity contribution < 1.29 is 14.3 Å². The predicted octanol–water partition coefficient (Wildman–Crippen LogP) is 4.47. The molecule has 160 valence electrons. The van der Waals surface area contributed by atoms with E-state index in [0.717, 1.165) is 11.3 Å². The van der Waals surface area contributed by atoms with Crippen molar-refractivity contribution in [3.63, 3.8) is 0 Å². The third-order valence-electron chi connectivity index (χ3n) is 4.30.